The molecular weight excluding hydrogens is 306 g/mol. The number of sulfonamides is 1. The Labute approximate surface area is 129 Å². The van der Waals surface area contributed by atoms with Crippen LogP contribution in [0.5, 0.6) is 0 Å². The molecule has 0 radical (unpaired) electrons. The number of hydrogen-bond donors (Lipinski definition) is 1. The molecule has 22 heavy (non-hydrogen) atoms. The quantitative estimate of drug-likeness (QED) is 0.852. The SMILES string of the molecule is Cc1cn[nH]c1CN1CCN(S(=O)(=O)Cc2ccon2)CC1. The fourth-order valence-corrected chi connectivity index (χ4v) is 3.94. The van der Waals surface area contributed by atoms with Crippen LogP contribution < -0.4 is 0 Å². The van der Waals surface area contributed by atoms with Gasteiger partial charge < -0.3 is 4.52 Å². The molecule has 3 rings (SSSR count). The van der Waals surface area contributed by atoms with Gasteiger partial charge in [-0.2, -0.15) is 9.40 Å². The lowest BCUT2D eigenvalue weighted by atomic mass is 10.2. The van der Waals surface area contributed by atoms with Crippen molar-refractivity contribution in [2.45, 2.75) is 19.2 Å². The normalized spacial score (nSPS) is 17.9. The molecular formula is C13H19N5O3S. The molecule has 0 amide bonds. The van der Waals surface area contributed by atoms with Crippen LogP contribution in [0.3, 0.4) is 0 Å². The second kappa shape index (κ2) is 6.19. The third-order valence-electron chi connectivity index (χ3n) is 3.86. The van der Waals surface area contributed by atoms with Crippen molar-refractivity contribution in [1.29, 1.82) is 0 Å². The number of nitrogens with zero attached hydrogens (tertiary/aromatic N) is 4. The first-order chi connectivity index (χ1) is 10.5. The molecule has 1 aliphatic heterocycles. The summed E-state index contributed by atoms with van der Waals surface area (Å²) >= 11 is 0. The van der Waals surface area contributed by atoms with Gasteiger partial charge in [0.05, 0.1) is 17.6 Å². The van der Waals surface area contributed by atoms with Crippen LogP contribution in [0.25, 0.3) is 0 Å². The van der Waals surface area contributed by atoms with Gasteiger partial charge in [-0.3, -0.25) is 10.00 Å². The van der Waals surface area contributed by atoms with E-state index < -0.39 is 10.0 Å². The Bertz CT molecular complexity index is 702. The lowest BCUT2D eigenvalue weighted by Crippen LogP contribution is -2.48. The highest BCUT2D eigenvalue weighted by molar-refractivity contribution is 7.88. The number of piperazine rings is 1. The molecule has 0 saturated carbocycles. The maximum atomic E-state index is 12.3. The zero-order valence-corrected chi connectivity index (χ0v) is 13.2. The molecule has 0 unspecified atom stereocenters. The highest BCUT2D eigenvalue weighted by atomic mass is 32.2. The van der Waals surface area contributed by atoms with Crippen molar-refractivity contribution in [3.05, 3.63) is 35.5 Å². The molecule has 1 aliphatic rings. The van der Waals surface area contributed by atoms with Gasteiger partial charge in [0.25, 0.3) is 0 Å². The molecule has 0 bridgehead atoms. The number of aromatic amines is 1. The molecule has 8 nitrogen and oxygen atoms in total. The van der Waals surface area contributed by atoms with Crippen LogP contribution >= 0.6 is 0 Å². The average molecular weight is 325 g/mol. The lowest BCUT2D eigenvalue weighted by molar-refractivity contribution is 0.179. The van der Waals surface area contributed by atoms with Crippen molar-refractivity contribution in [2.75, 3.05) is 26.2 Å². The summed E-state index contributed by atoms with van der Waals surface area (Å²) in [6.07, 6.45) is 3.18. The second-order valence-corrected chi connectivity index (χ2v) is 7.42. The van der Waals surface area contributed by atoms with E-state index in [1.807, 2.05) is 6.92 Å². The van der Waals surface area contributed by atoms with E-state index in [1.54, 1.807) is 12.3 Å². The Morgan fingerprint density at radius 1 is 1.32 bits per heavy atom. The number of aryl methyl sites for hydroxylation is 1. The largest absolute Gasteiger partial charge is 0.364 e. The summed E-state index contributed by atoms with van der Waals surface area (Å²) in [7, 11) is -3.34. The summed E-state index contributed by atoms with van der Waals surface area (Å²) in [6.45, 7) is 5.17. The maximum absolute atomic E-state index is 12.3. The molecule has 2 aromatic heterocycles. The van der Waals surface area contributed by atoms with Crippen LogP contribution in [0.15, 0.2) is 23.0 Å². The van der Waals surface area contributed by atoms with Crippen molar-refractivity contribution in [1.82, 2.24) is 24.6 Å². The summed E-state index contributed by atoms with van der Waals surface area (Å²) in [6, 6.07) is 1.58. The molecule has 0 aliphatic carbocycles. The summed E-state index contributed by atoms with van der Waals surface area (Å²) in [5.41, 5.74) is 2.65. The Hall–Kier alpha value is -1.71. The highest BCUT2D eigenvalue weighted by Gasteiger charge is 2.28. The van der Waals surface area contributed by atoms with Gasteiger partial charge in [-0.1, -0.05) is 5.16 Å². The number of aromatic nitrogens is 3. The van der Waals surface area contributed by atoms with Crippen LogP contribution in [0.2, 0.25) is 0 Å². The van der Waals surface area contributed by atoms with E-state index in [0.29, 0.717) is 31.9 Å². The standard InChI is InChI=1S/C13H19N5O3S/c1-11-8-14-15-13(11)9-17-3-5-18(6-4-17)22(19,20)10-12-2-7-21-16-12/h2,7-8H,3-6,9-10H2,1H3,(H,14,15). The molecule has 2 aromatic rings. The summed E-state index contributed by atoms with van der Waals surface area (Å²) in [4.78, 5) is 2.22. The predicted octanol–water partition coefficient (Wildman–Crippen LogP) is 0.354. The molecule has 0 atom stereocenters. The first kappa shape index (κ1) is 15.2. The van der Waals surface area contributed by atoms with Gasteiger partial charge in [-0.15, -0.1) is 0 Å². The van der Waals surface area contributed by atoms with Crippen molar-refractivity contribution in [3.63, 3.8) is 0 Å². The minimum absolute atomic E-state index is 0.108. The van der Waals surface area contributed by atoms with E-state index in [9.17, 15) is 8.42 Å². The smallest absolute Gasteiger partial charge is 0.220 e. The van der Waals surface area contributed by atoms with E-state index in [1.165, 1.54) is 10.6 Å². The number of nitrogens with one attached hydrogen (secondary N) is 1. The Morgan fingerprint density at radius 2 is 2.09 bits per heavy atom. The van der Waals surface area contributed by atoms with E-state index in [4.69, 9.17) is 0 Å². The van der Waals surface area contributed by atoms with Gasteiger partial charge in [0, 0.05) is 38.8 Å². The molecule has 3 heterocycles. The van der Waals surface area contributed by atoms with Crippen LogP contribution in [-0.2, 0) is 22.3 Å². The van der Waals surface area contributed by atoms with Gasteiger partial charge in [0.2, 0.25) is 10.0 Å². The van der Waals surface area contributed by atoms with E-state index in [0.717, 1.165) is 17.8 Å². The Balaban J connectivity index is 1.56. The van der Waals surface area contributed by atoms with Crippen LogP contribution in [0.1, 0.15) is 17.0 Å². The van der Waals surface area contributed by atoms with Crippen molar-refractivity contribution in [2.24, 2.45) is 0 Å². The maximum Gasteiger partial charge on any atom is 0.220 e. The van der Waals surface area contributed by atoms with E-state index >= 15 is 0 Å². The fourth-order valence-electron chi connectivity index (χ4n) is 2.51. The third kappa shape index (κ3) is 3.37. The highest BCUT2D eigenvalue weighted by Crippen LogP contribution is 2.14. The van der Waals surface area contributed by atoms with Crippen molar-refractivity contribution >= 4 is 10.0 Å². The van der Waals surface area contributed by atoms with E-state index in [-0.39, 0.29) is 5.75 Å². The average Bonchev–Trinajstić information content (AvgIpc) is 3.12. The lowest BCUT2D eigenvalue weighted by Gasteiger charge is -2.33. The molecule has 1 N–H and O–H groups in total. The molecule has 1 fully saturated rings. The van der Waals surface area contributed by atoms with Gasteiger partial charge in [-0.25, -0.2) is 8.42 Å². The monoisotopic (exact) mass is 325 g/mol. The number of hydrogen-bond acceptors (Lipinski definition) is 6. The number of rotatable bonds is 5. The summed E-state index contributed by atoms with van der Waals surface area (Å²) < 4.78 is 30.9. The van der Waals surface area contributed by atoms with Crippen molar-refractivity contribution in [3.8, 4) is 0 Å². The van der Waals surface area contributed by atoms with E-state index in [2.05, 4.69) is 24.8 Å². The van der Waals surface area contributed by atoms with Gasteiger partial charge in [0.1, 0.15) is 12.0 Å². The van der Waals surface area contributed by atoms with Crippen molar-refractivity contribution < 1.29 is 12.9 Å². The van der Waals surface area contributed by atoms with Crippen LogP contribution in [0.4, 0.5) is 0 Å². The Kier molecular flexibility index (Phi) is 4.27. The van der Waals surface area contributed by atoms with Crippen LogP contribution in [-0.4, -0.2) is 59.2 Å². The first-order valence-electron chi connectivity index (χ1n) is 7.13. The molecule has 1 saturated heterocycles. The summed E-state index contributed by atoms with van der Waals surface area (Å²) in [5, 5.41) is 10.7. The molecule has 120 valence electrons. The minimum atomic E-state index is -3.34. The van der Waals surface area contributed by atoms with Crippen LogP contribution in [0, 0.1) is 6.92 Å². The third-order valence-corrected chi connectivity index (χ3v) is 5.67. The zero-order chi connectivity index (χ0) is 15.6. The topological polar surface area (TPSA) is 95.3 Å². The number of H-pyrrole nitrogens is 1. The molecule has 0 aromatic carbocycles. The minimum Gasteiger partial charge on any atom is -0.364 e. The first-order valence-corrected chi connectivity index (χ1v) is 8.74. The summed E-state index contributed by atoms with van der Waals surface area (Å²) in [5.74, 6) is -0.108. The Morgan fingerprint density at radius 3 is 2.68 bits per heavy atom. The van der Waals surface area contributed by atoms with Gasteiger partial charge in [-0.05, 0) is 12.5 Å². The zero-order valence-electron chi connectivity index (χ0n) is 12.4. The molecule has 9 heteroatoms. The second-order valence-electron chi connectivity index (χ2n) is 5.45. The fraction of sp³-hybridized carbons (Fsp3) is 0.538. The molecule has 0 spiro atoms. The van der Waals surface area contributed by atoms with Gasteiger partial charge in [0.15, 0.2) is 0 Å². The van der Waals surface area contributed by atoms with Gasteiger partial charge >= 0.3 is 0 Å². The predicted molar refractivity (Wildman–Crippen MR) is 79.3 cm³/mol.